The summed E-state index contributed by atoms with van der Waals surface area (Å²) in [6.07, 6.45) is 1.04. The summed E-state index contributed by atoms with van der Waals surface area (Å²) in [6, 6.07) is 0. The van der Waals surface area contributed by atoms with E-state index in [1.807, 2.05) is 0 Å². The van der Waals surface area contributed by atoms with Crippen molar-refractivity contribution in [3.8, 4) is 0 Å². The van der Waals surface area contributed by atoms with Gasteiger partial charge in [-0.05, 0) is 6.92 Å². The van der Waals surface area contributed by atoms with Crippen LogP contribution in [-0.4, -0.2) is 30.8 Å². The number of nitrogens with zero attached hydrogens (tertiary/aromatic N) is 1. The summed E-state index contributed by atoms with van der Waals surface area (Å²) in [7, 11) is 1.20. The lowest BCUT2D eigenvalue weighted by Gasteiger charge is -1.98. The van der Waals surface area contributed by atoms with Crippen molar-refractivity contribution in [3.05, 3.63) is 17.5 Å². The highest BCUT2D eigenvalue weighted by molar-refractivity contribution is 6.01. The first-order valence-electron chi connectivity index (χ1n) is 3.90. The normalized spacial score (nSPS) is 9.57. The second-order valence-electron chi connectivity index (χ2n) is 2.29. The van der Waals surface area contributed by atoms with Crippen molar-refractivity contribution in [1.29, 1.82) is 0 Å². The molecule has 1 rings (SSSR count). The molecule has 6 heteroatoms. The molecule has 14 heavy (non-hydrogen) atoms. The molecule has 1 aromatic rings. The maximum Gasteiger partial charge on any atom is 0.361 e. The topological polar surface area (TPSA) is 78.6 Å². The van der Waals surface area contributed by atoms with E-state index in [9.17, 15) is 9.59 Å². The Balaban J connectivity index is 2.92. The van der Waals surface area contributed by atoms with Gasteiger partial charge >= 0.3 is 11.9 Å². The summed E-state index contributed by atoms with van der Waals surface area (Å²) in [5.41, 5.74) is -0.204. The molecular formula is C8H9NO5. The first-order valence-corrected chi connectivity index (χ1v) is 3.90. The molecule has 0 unspecified atom stereocenters. The van der Waals surface area contributed by atoms with E-state index in [-0.39, 0.29) is 17.9 Å². The largest absolute Gasteiger partial charge is 0.465 e. The molecule has 0 N–H and O–H groups in total. The van der Waals surface area contributed by atoms with Crippen molar-refractivity contribution in [2.24, 2.45) is 0 Å². The summed E-state index contributed by atoms with van der Waals surface area (Å²) >= 11 is 0. The molecule has 1 aromatic heterocycles. The number of esters is 2. The van der Waals surface area contributed by atoms with Crippen LogP contribution in [-0.2, 0) is 9.47 Å². The molecule has 0 aromatic carbocycles. The molecule has 0 aliphatic rings. The van der Waals surface area contributed by atoms with E-state index in [0.29, 0.717) is 0 Å². The SMILES string of the molecule is CCOC(=O)c1nocc1C(=O)OC. The third kappa shape index (κ3) is 1.90. The summed E-state index contributed by atoms with van der Waals surface area (Å²) < 4.78 is 13.6. The zero-order valence-electron chi connectivity index (χ0n) is 7.77. The van der Waals surface area contributed by atoms with Crippen molar-refractivity contribution in [2.45, 2.75) is 6.92 Å². The predicted octanol–water partition coefficient (Wildman–Crippen LogP) is 0.638. The molecule has 0 aliphatic carbocycles. The second-order valence-corrected chi connectivity index (χ2v) is 2.29. The van der Waals surface area contributed by atoms with Gasteiger partial charge in [0.05, 0.1) is 13.7 Å². The lowest BCUT2D eigenvalue weighted by molar-refractivity contribution is 0.0496. The minimum Gasteiger partial charge on any atom is -0.465 e. The molecule has 0 aliphatic heterocycles. The highest BCUT2D eigenvalue weighted by Gasteiger charge is 2.23. The van der Waals surface area contributed by atoms with Crippen LogP contribution in [0.15, 0.2) is 10.8 Å². The van der Waals surface area contributed by atoms with Gasteiger partial charge in [-0.25, -0.2) is 9.59 Å². The van der Waals surface area contributed by atoms with Crippen molar-refractivity contribution in [3.63, 3.8) is 0 Å². The van der Waals surface area contributed by atoms with Gasteiger partial charge in [0.25, 0.3) is 0 Å². The van der Waals surface area contributed by atoms with Gasteiger partial charge in [0.1, 0.15) is 11.8 Å². The number of rotatable bonds is 3. The van der Waals surface area contributed by atoms with E-state index in [1.165, 1.54) is 7.11 Å². The van der Waals surface area contributed by atoms with Crippen LogP contribution in [0.4, 0.5) is 0 Å². The lowest BCUT2D eigenvalue weighted by Crippen LogP contribution is -2.11. The van der Waals surface area contributed by atoms with Crippen LogP contribution >= 0.6 is 0 Å². The molecule has 0 amide bonds. The van der Waals surface area contributed by atoms with Gasteiger partial charge in [-0.3, -0.25) is 0 Å². The van der Waals surface area contributed by atoms with Gasteiger partial charge in [0.15, 0.2) is 0 Å². The summed E-state index contributed by atoms with van der Waals surface area (Å²) in [5, 5.41) is 3.35. The van der Waals surface area contributed by atoms with Gasteiger partial charge < -0.3 is 14.0 Å². The first-order chi connectivity index (χ1) is 6.70. The lowest BCUT2D eigenvalue weighted by atomic mass is 10.2. The Labute approximate surface area is 79.8 Å². The number of carbonyl (C=O) groups is 2. The van der Waals surface area contributed by atoms with Crippen LogP contribution in [0.2, 0.25) is 0 Å². The number of hydrogen-bond donors (Lipinski definition) is 0. The Hall–Kier alpha value is -1.85. The van der Waals surface area contributed by atoms with Gasteiger partial charge in [0.2, 0.25) is 5.69 Å². The van der Waals surface area contributed by atoms with Crippen LogP contribution in [0.1, 0.15) is 27.8 Å². The van der Waals surface area contributed by atoms with Crippen molar-refractivity contribution in [2.75, 3.05) is 13.7 Å². The molecule has 0 bridgehead atoms. The zero-order valence-corrected chi connectivity index (χ0v) is 7.77. The molecule has 0 radical (unpaired) electrons. The fraction of sp³-hybridized carbons (Fsp3) is 0.375. The highest BCUT2D eigenvalue weighted by atomic mass is 16.5. The van der Waals surface area contributed by atoms with Crippen LogP contribution in [0.5, 0.6) is 0 Å². The van der Waals surface area contributed by atoms with Gasteiger partial charge in [-0.1, -0.05) is 5.16 Å². The van der Waals surface area contributed by atoms with Crippen molar-refractivity contribution in [1.82, 2.24) is 5.16 Å². The molecule has 6 nitrogen and oxygen atoms in total. The summed E-state index contributed by atoms with van der Waals surface area (Å²) in [5.74, 6) is -1.39. The summed E-state index contributed by atoms with van der Waals surface area (Å²) in [4.78, 5) is 22.3. The Morgan fingerprint density at radius 1 is 1.50 bits per heavy atom. The number of ether oxygens (including phenoxy) is 2. The molecule has 0 saturated heterocycles. The molecule has 0 spiro atoms. The van der Waals surface area contributed by atoms with E-state index in [0.717, 1.165) is 6.26 Å². The van der Waals surface area contributed by atoms with Crippen LogP contribution in [0, 0.1) is 0 Å². The Morgan fingerprint density at radius 3 is 2.79 bits per heavy atom. The average molecular weight is 199 g/mol. The second kappa shape index (κ2) is 4.40. The Kier molecular flexibility index (Phi) is 3.22. The fourth-order valence-electron chi connectivity index (χ4n) is 0.838. The Bertz CT molecular complexity index is 343. The first kappa shape index (κ1) is 10.2. The molecular weight excluding hydrogens is 190 g/mol. The monoisotopic (exact) mass is 199 g/mol. The number of carbonyl (C=O) groups excluding carboxylic acids is 2. The average Bonchev–Trinajstić information content (AvgIpc) is 2.65. The molecule has 0 saturated carbocycles. The maximum atomic E-state index is 11.2. The minimum absolute atomic E-state index is 0.0362. The quantitative estimate of drug-likeness (QED) is 0.664. The third-order valence-corrected chi connectivity index (χ3v) is 1.44. The number of aromatic nitrogens is 1. The van der Waals surface area contributed by atoms with E-state index >= 15 is 0 Å². The summed E-state index contributed by atoms with van der Waals surface area (Å²) in [6.45, 7) is 1.85. The van der Waals surface area contributed by atoms with E-state index in [4.69, 9.17) is 0 Å². The molecule has 76 valence electrons. The van der Waals surface area contributed by atoms with Crippen LogP contribution in [0.25, 0.3) is 0 Å². The van der Waals surface area contributed by atoms with Gasteiger partial charge in [-0.2, -0.15) is 0 Å². The predicted molar refractivity (Wildman–Crippen MR) is 43.8 cm³/mol. The standard InChI is InChI=1S/C8H9NO5/c1-3-13-8(11)6-5(4-14-9-6)7(10)12-2/h4H,3H2,1-2H3. The zero-order chi connectivity index (χ0) is 10.6. The molecule has 0 fully saturated rings. The number of methoxy groups -OCH3 is 1. The van der Waals surface area contributed by atoms with Crippen LogP contribution in [0.3, 0.4) is 0 Å². The maximum absolute atomic E-state index is 11.2. The van der Waals surface area contributed by atoms with Gasteiger partial charge in [0, 0.05) is 0 Å². The van der Waals surface area contributed by atoms with E-state index < -0.39 is 11.9 Å². The Morgan fingerprint density at radius 2 is 2.21 bits per heavy atom. The molecule has 1 heterocycles. The smallest absolute Gasteiger partial charge is 0.361 e. The van der Waals surface area contributed by atoms with Crippen LogP contribution < -0.4 is 0 Å². The van der Waals surface area contributed by atoms with Crippen molar-refractivity contribution >= 4 is 11.9 Å². The van der Waals surface area contributed by atoms with Crippen molar-refractivity contribution < 1.29 is 23.6 Å². The highest BCUT2D eigenvalue weighted by Crippen LogP contribution is 2.09. The van der Waals surface area contributed by atoms with Gasteiger partial charge in [-0.15, -0.1) is 0 Å². The fourth-order valence-corrected chi connectivity index (χ4v) is 0.838. The number of hydrogen-bond acceptors (Lipinski definition) is 6. The molecule has 0 atom stereocenters. The van der Waals surface area contributed by atoms with E-state index in [1.54, 1.807) is 6.92 Å². The van der Waals surface area contributed by atoms with E-state index in [2.05, 4.69) is 19.2 Å². The minimum atomic E-state index is -0.707. The third-order valence-electron chi connectivity index (χ3n) is 1.44.